The number of aromatic nitrogens is 2. The number of nitrogens with one attached hydrogen (secondary N) is 1. The van der Waals surface area contributed by atoms with Crippen molar-refractivity contribution in [3.8, 4) is 0 Å². The first-order valence-electron chi connectivity index (χ1n) is 6.50. The zero-order valence-electron chi connectivity index (χ0n) is 11.2. The van der Waals surface area contributed by atoms with Crippen LogP contribution >= 0.6 is 0 Å². The number of nitrogens with zero attached hydrogens (tertiary/aromatic N) is 2. The molecule has 0 aliphatic carbocycles. The van der Waals surface area contributed by atoms with E-state index in [4.69, 9.17) is 5.11 Å². The molecule has 3 rings (SSSR count). The van der Waals surface area contributed by atoms with Crippen LogP contribution in [-0.4, -0.2) is 21.0 Å². The first-order valence-corrected chi connectivity index (χ1v) is 6.50. The summed E-state index contributed by atoms with van der Waals surface area (Å²) < 4.78 is 0. The van der Waals surface area contributed by atoms with Crippen LogP contribution in [0.5, 0.6) is 0 Å². The van der Waals surface area contributed by atoms with Gasteiger partial charge in [0, 0.05) is 18.1 Å². The molecule has 0 aliphatic rings. The van der Waals surface area contributed by atoms with E-state index in [1.165, 1.54) is 0 Å². The normalized spacial score (nSPS) is 10.5. The smallest absolute Gasteiger partial charge is 0.335 e. The molecule has 0 aliphatic heterocycles. The number of benzene rings is 2. The second-order valence-corrected chi connectivity index (χ2v) is 4.61. The summed E-state index contributed by atoms with van der Waals surface area (Å²) in [5.74, 6) is -0.372. The lowest BCUT2D eigenvalue weighted by atomic mass is 10.1. The Hall–Kier alpha value is -2.95. The molecule has 0 unspecified atom stereocenters. The lowest BCUT2D eigenvalue weighted by molar-refractivity contribution is 0.0697. The van der Waals surface area contributed by atoms with Crippen LogP contribution in [0.15, 0.2) is 54.7 Å². The Labute approximate surface area is 121 Å². The standard InChI is InChI=1S/C16H13N3O2/c20-15(21)12-7-5-11(6-8-12)9-17-16-18-10-13-3-1-2-4-14(13)19-16/h1-8,10H,9H2,(H,20,21)(H,17,18,19). The first kappa shape index (κ1) is 13.1. The number of hydrogen-bond acceptors (Lipinski definition) is 4. The Morgan fingerprint density at radius 2 is 1.86 bits per heavy atom. The number of carbonyl (C=O) groups is 1. The number of carboxylic acids is 1. The third-order valence-electron chi connectivity index (χ3n) is 3.14. The summed E-state index contributed by atoms with van der Waals surface area (Å²) in [6.07, 6.45) is 1.78. The molecular weight excluding hydrogens is 266 g/mol. The lowest BCUT2D eigenvalue weighted by Gasteiger charge is -2.06. The van der Waals surface area contributed by atoms with Gasteiger partial charge >= 0.3 is 5.97 Å². The van der Waals surface area contributed by atoms with Crippen LogP contribution in [-0.2, 0) is 6.54 Å². The summed E-state index contributed by atoms with van der Waals surface area (Å²) in [6.45, 7) is 0.540. The number of fused-ring (bicyclic) bond motifs is 1. The van der Waals surface area contributed by atoms with Crippen LogP contribution in [0.2, 0.25) is 0 Å². The van der Waals surface area contributed by atoms with Gasteiger partial charge in [-0.1, -0.05) is 30.3 Å². The van der Waals surface area contributed by atoms with E-state index in [0.717, 1.165) is 16.5 Å². The Morgan fingerprint density at radius 3 is 2.62 bits per heavy atom. The van der Waals surface area contributed by atoms with Gasteiger partial charge in [-0.2, -0.15) is 0 Å². The molecule has 5 nitrogen and oxygen atoms in total. The second kappa shape index (κ2) is 5.58. The predicted molar refractivity (Wildman–Crippen MR) is 80.3 cm³/mol. The van der Waals surface area contributed by atoms with Gasteiger partial charge in [-0.3, -0.25) is 0 Å². The highest BCUT2D eigenvalue weighted by Crippen LogP contribution is 2.12. The molecule has 0 saturated heterocycles. The van der Waals surface area contributed by atoms with Gasteiger partial charge in [-0.15, -0.1) is 0 Å². The number of rotatable bonds is 4. The van der Waals surface area contributed by atoms with E-state index in [0.29, 0.717) is 12.5 Å². The second-order valence-electron chi connectivity index (χ2n) is 4.61. The molecule has 0 amide bonds. The topological polar surface area (TPSA) is 75.1 Å². The van der Waals surface area contributed by atoms with Gasteiger partial charge in [0.25, 0.3) is 0 Å². The number of carboxylic acid groups (broad SMARTS) is 1. The Kier molecular flexibility index (Phi) is 3.47. The maximum Gasteiger partial charge on any atom is 0.335 e. The lowest BCUT2D eigenvalue weighted by Crippen LogP contribution is -2.04. The van der Waals surface area contributed by atoms with Crippen molar-refractivity contribution in [1.29, 1.82) is 0 Å². The van der Waals surface area contributed by atoms with E-state index in [1.54, 1.807) is 30.5 Å². The fourth-order valence-electron chi connectivity index (χ4n) is 2.00. The summed E-state index contributed by atoms with van der Waals surface area (Å²) in [5, 5.41) is 13.0. The quantitative estimate of drug-likeness (QED) is 0.768. The summed E-state index contributed by atoms with van der Waals surface area (Å²) in [5.41, 5.74) is 2.13. The molecule has 0 fully saturated rings. The van der Waals surface area contributed by atoms with Crippen molar-refractivity contribution in [1.82, 2.24) is 9.97 Å². The van der Waals surface area contributed by atoms with Crippen LogP contribution < -0.4 is 5.32 Å². The molecule has 104 valence electrons. The van der Waals surface area contributed by atoms with E-state index in [-0.39, 0.29) is 5.56 Å². The minimum atomic E-state index is -0.924. The highest BCUT2D eigenvalue weighted by molar-refractivity contribution is 5.87. The molecule has 1 heterocycles. The van der Waals surface area contributed by atoms with Crippen molar-refractivity contribution < 1.29 is 9.90 Å². The average molecular weight is 279 g/mol. The van der Waals surface area contributed by atoms with Crippen molar-refractivity contribution in [3.05, 3.63) is 65.9 Å². The van der Waals surface area contributed by atoms with Crippen LogP contribution in [0.4, 0.5) is 5.95 Å². The highest BCUT2D eigenvalue weighted by atomic mass is 16.4. The molecule has 0 atom stereocenters. The Morgan fingerprint density at radius 1 is 1.10 bits per heavy atom. The zero-order valence-corrected chi connectivity index (χ0v) is 11.2. The summed E-state index contributed by atoms with van der Waals surface area (Å²) in [6, 6.07) is 14.5. The minimum Gasteiger partial charge on any atom is -0.478 e. The average Bonchev–Trinajstić information content (AvgIpc) is 2.53. The predicted octanol–water partition coefficient (Wildman–Crippen LogP) is 2.94. The van der Waals surface area contributed by atoms with Crippen molar-refractivity contribution >= 4 is 22.8 Å². The maximum atomic E-state index is 10.8. The van der Waals surface area contributed by atoms with Gasteiger partial charge in [0.15, 0.2) is 0 Å². The fourth-order valence-corrected chi connectivity index (χ4v) is 2.00. The molecule has 3 aromatic rings. The summed E-state index contributed by atoms with van der Waals surface area (Å²) in [4.78, 5) is 19.5. The number of hydrogen-bond donors (Lipinski definition) is 2. The van der Waals surface area contributed by atoms with E-state index in [9.17, 15) is 4.79 Å². The molecular formula is C16H13N3O2. The summed E-state index contributed by atoms with van der Waals surface area (Å²) >= 11 is 0. The van der Waals surface area contributed by atoms with Gasteiger partial charge in [-0.25, -0.2) is 14.8 Å². The molecule has 21 heavy (non-hydrogen) atoms. The van der Waals surface area contributed by atoms with Gasteiger partial charge in [0.05, 0.1) is 11.1 Å². The molecule has 5 heteroatoms. The van der Waals surface area contributed by atoms with Crippen LogP contribution in [0.25, 0.3) is 10.9 Å². The third kappa shape index (κ3) is 2.97. The Balaban J connectivity index is 1.72. The maximum absolute atomic E-state index is 10.8. The van der Waals surface area contributed by atoms with Crippen LogP contribution in [0, 0.1) is 0 Å². The van der Waals surface area contributed by atoms with Crippen molar-refractivity contribution in [2.75, 3.05) is 5.32 Å². The van der Waals surface area contributed by atoms with Gasteiger partial charge in [0.1, 0.15) is 0 Å². The molecule has 1 aromatic heterocycles. The molecule has 0 saturated carbocycles. The molecule has 0 spiro atoms. The van der Waals surface area contributed by atoms with Crippen molar-refractivity contribution in [2.45, 2.75) is 6.54 Å². The molecule has 0 radical (unpaired) electrons. The SMILES string of the molecule is O=C(O)c1ccc(CNc2ncc3ccccc3n2)cc1. The Bertz CT molecular complexity index is 785. The van der Waals surface area contributed by atoms with Gasteiger partial charge in [-0.05, 0) is 23.8 Å². The fraction of sp³-hybridized carbons (Fsp3) is 0.0625. The minimum absolute atomic E-state index is 0.278. The third-order valence-corrected chi connectivity index (χ3v) is 3.14. The monoisotopic (exact) mass is 279 g/mol. The van der Waals surface area contributed by atoms with Crippen LogP contribution in [0.3, 0.4) is 0 Å². The molecule has 2 aromatic carbocycles. The van der Waals surface area contributed by atoms with Crippen molar-refractivity contribution in [3.63, 3.8) is 0 Å². The summed E-state index contributed by atoms with van der Waals surface area (Å²) in [7, 11) is 0. The largest absolute Gasteiger partial charge is 0.478 e. The number of para-hydroxylation sites is 1. The first-order chi connectivity index (χ1) is 10.2. The number of aromatic carboxylic acids is 1. The molecule has 0 bridgehead atoms. The molecule has 2 N–H and O–H groups in total. The van der Waals surface area contributed by atoms with Gasteiger partial charge in [0.2, 0.25) is 5.95 Å². The number of anilines is 1. The van der Waals surface area contributed by atoms with E-state index in [2.05, 4.69) is 15.3 Å². The van der Waals surface area contributed by atoms with Crippen LogP contribution in [0.1, 0.15) is 15.9 Å². The van der Waals surface area contributed by atoms with Crippen molar-refractivity contribution in [2.24, 2.45) is 0 Å². The van der Waals surface area contributed by atoms with E-state index < -0.39 is 5.97 Å². The van der Waals surface area contributed by atoms with E-state index >= 15 is 0 Å². The van der Waals surface area contributed by atoms with E-state index in [1.807, 2.05) is 24.3 Å². The highest BCUT2D eigenvalue weighted by Gasteiger charge is 2.03. The zero-order chi connectivity index (χ0) is 14.7. The van der Waals surface area contributed by atoms with Gasteiger partial charge < -0.3 is 10.4 Å².